The van der Waals surface area contributed by atoms with E-state index in [1.807, 2.05) is 23.0 Å². The Kier molecular flexibility index (Phi) is 6.26. The molecule has 0 spiro atoms. The zero-order valence-corrected chi connectivity index (χ0v) is 19.0. The lowest BCUT2D eigenvalue weighted by Gasteiger charge is -2.35. The van der Waals surface area contributed by atoms with Crippen LogP contribution in [0.5, 0.6) is 0 Å². The SMILES string of the molecule is C[C@H](O)c1nccn1[C@@H](C#Cc1ccc(-c2ccc(C3CC(n4ccnn4)C3)cc2)cc1)CO. The van der Waals surface area contributed by atoms with Crippen LogP contribution >= 0.6 is 0 Å². The summed E-state index contributed by atoms with van der Waals surface area (Å²) < 4.78 is 3.67. The Balaban J connectivity index is 1.24. The Morgan fingerprint density at radius 2 is 1.71 bits per heavy atom. The van der Waals surface area contributed by atoms with E-state index in [1.165, 1.54) is 11.1 Å². The normalized spacial score (nSPS) is 19.0. The van der Waals surface area contributed by atoms with Gasteiger partial charge in [0.25, 0.3) is 0 Å². The van der Waals surface area contributed by atoms with Gasteiger partial charge in [-0.2, -0.15) is 0 Å². The highest BCUT2D eigenvalue weighted by Gasteiger charge is 2.32. The molecule has 2 N–H and O–H groups in total. The molecule has 0 amide bonds. The van der Waals surface area contributed by atoms with E-state index in [2.05, 4.69) is 63.5 Å². The summed E-state index contributed by atoms with van der Waals surface area (Å²) in [5, 5.41) is 27.6. The fourth-order valence-electron chi connectivity index (χ4n) is 4.46. The Bertz CT molecular complexity index is 1280. The number of aliphatic hydroxyl groups excluding tert-OH is 2. The molecular formula is C27H27N5O2. The van der Waals surface area contributed by atoms with E-state index < -0.39 is 12.1 Å². The van der Waals surface area contributed by atoms with Gasteiger partial charge in [-0.25, -0.2) is 9.67 Å². The van der Waals surface area contributed by atoms with Crippen LogP contribution in [0.2, 0.25) is 0 Å². The van der Waals surface area contributed by atoms with Gasteiger partial charge in [0.1, 0.15) is 18.0 Å². The average molecular weight is 454 g/mol. The highest BCUT2D eigenvalue weighted by atomic mass is 16.3. The van der Waals surface area contributed by atoms with E-state index in [-0.39, 0.29) is 6.61 Å². The average Bonchev–Trinajstić information content (AvgIpc) is 3.52. The molecule has 2 aromatic heterocycles. The molecule has 7 nitrogen and oxygen atoms in total. The number of nitrogens with zero attached hydrogens (tertiary/aromatic N) is 5. The van der Waals surface area contributed by atoms with Crippen molar-refractivity contribution >= 4 is 0 Å². The van der Waals surface area contributed by atoms with Crippen LogP contribution in [0.25, 0.3) is 11.1 Å². The van der Waals surface area contributed by atoms with Crippen LogP contribution in [0.1, 0.15) is 60.8 Å². The molecule has 2 atom stereocenters. The van der Waals surface area contributed by atoms with Gasteiger partial charge in [-0.1, -0.05) is 53.5 Å². The van der Waals surface area contributed by atoms with Gasteiger partial charge in [0.15, 0.2) is 0 Å². The number of aliphatic hydroxyl groups is 2. The van der Waals surface area contributed by atoms with Crippen LogP contribution in [0.3, 0.4) is 0 Å². The molecule has 1 aliphatic carbocycles. The first-order valence-electron chi connectivity index (χ1n) is 11.5. The maximum absolute atomic E-state index is 9.86. The molecule has 34 heavy (non-hydrogen) atoms. The standard InChI is InChI=1S/C27H27N5O2/c1-19(34)27-28-12-14-31(27)25(18-33)11-4-20-2-5-21(6-3-20)22-7-9-23(10-8-22)24-16-26(17-24)32-15-13-29-30-32/h2-3,5-10,12-15,19,24-26,33-34H,16-18H2,1H3/t19-,24?,25-,26?/m0/s1. The molecule has 5 rings (SSSR count). The molecule has 2 heterocycles. The summed E-state index contributed by atoms with van der Waals surface area (Å²) in [6.45, 7) is 1.49. The van der Waals surface area contributed by atoms with Gasteiger partial charge in [0, 0.05) is 24.2 Å². The first kappa shape index (κ1) is 22.1. The monoisotopic (exact) mass is 453 g/mol. The van der Waals surface area contributed by atoms with Crippen molar-refractivity contribution < 1.29 is 10.2 Å². The summed E-state index contributed by atoms with van der Waals surface area (Å²) in [4.78, 5) is 4.15. The van der Waals surface area contributed by atoms with Gasteiger partial charge in [0.2, 0.25) is 0 Å². The maximum atomic E-state index is 9.86. The third-order valence-electron chi connectivity index (χ3n) is 6.49. The Morgan fingerprint density at radius 1 is 1.00 bits per heavy atom. The molecule has 0 radical (unpaired) electrons. The molecule has 1 aliphatic rings. The van der Waals surface area contributed by atoms with Gasteiger partial charge >= 0.3 is 0 Å². The highest BCUT2D eigenvalue weighted by Crippen LogP contribution is 2.44. The van der Waals surface area contributed by atoms with Gasteiger partial charge in [-0.3, -0.25) is 0 Å². The van der Waals surface area contributed by atoms with E-state index in [4.69, 9.17) is 0 Å². The van der Waals surface area contributed by atoms with Crippen LogP contribution in [0, 0.1) is 11.8 Å². The summed E-state index contributed by atoms with van der Waals surface area (Å²) in [6.07, 6.45) is 8.47. The van der Waals surface area contributed by atoms with E-state index in [0.29, 0.717) is 17.8 Å². The molecule has 0 aliphatic heterocycles. The maximum Gasteiger partial charge on any atom is 0.138 e. The summed E-state index contributed by atoms with van der Waals surface area (Å²) in [6, 6.07) is 16.9. The third kappa shape index (κ3) is 4.51. The second kappa shape index (κ2) is 9.64. The molecule has 172 valence electrons. The lowest BCUT2D eigenvalue weighted by molar-refractivity contribution is 0.176. The molecular weight excluding hydrogens is 426 g/mol. The van der Waals surface area contributed by atoms with Crippen molar-refractivity contribution in [2.24, 2.45) is 0 Å². The van der Waals surface area contributed by atoms with Crippen molar-refractivity contribution in [2.45, 2.75) is 43.9 Å². The minimum absolute atomic E-state index is 0.159. The Hall–Kier alpha value is -3.73. The number of rotatable bonds is 6. The first-order chi connectivity index (χ1) is 16.6. The minimum Gasteiger partial charge on any atom is -0.393 e. The quantitative estimate of drug-likeness (QED) is 0.432. The van der Waals surface area contributed by atoms with Crippen molar-refractivity contribution in [3.8, 4) is 23.0 Å². The third-order valence-corrected chi connectivity index (χ3v) is 6.49. The largest absolute Gasteiger partial charge is 0.393 e. The van der Waals surface area contributed by atoms with E-state index in [1.54, 1.807) is 30.1 Å². The van der Waals surface area contributed by atoms with E-state index in [0.717, 1.165) is 24.0 Å². The second-order valence-corrected chi connectivity index (χ2v) is 8.74. The minimum atomic E-state index is -0.726. The predicted octanol–water partition coefficient (Wildman–Crippen LogP) is 3.90. The van der Waals surface area contributed by atoms with E-state index >= 15 is 0 Å². The fraction of sp³-hybridized carbons (Fsp3) is 0.296. The highest BCUT2D eigenvalue weighted by molar-refractivity contribution is 5.64. The van der Waals surface area contributed by atoms with Crippen LogP contribution in [0.4, 0.5) is 0 Å². The summed E-state index contributed by atoms with van der Waals surface area (Å²) >= 11 is 0. The number of benzene rings is 2. The van der Waals surface area contributed by atoms with Crippen molar-refractivity contribution in [3.63, 3.8) is 0 Å². The Morgan fingerprint density at radius 3 is 2.32 bits per heavy atom. The topological polar surface area (TPSA) is 89.0 Å². The fourth-order valence-corrected chi connectivity index (χ4v) is 4.46. The first-order valence-corrected chi connectivity index (χ1v) is 11.5. The summed E-state index contributed by atoms with van der Waals surface area (Å²) in [7, 11) is 0. The smallest absolute Gasteiger partial charge is 0.138 e. The van der Waals surface area contributed by atoms with Gasteiger partial charge in [0.05, 0.1) is 18.8 Å². The van der Waals surface area contributed by atoms with Gasteiger partial charge in [-0.05, 0) is 54.5 Å². The van der Waals surface area contributed by atoms with Crippen LogP contribution in [-0.2, 0) is 0 Å². The lowest BCUT2D eigenvalue weighted by atomic mass is 9.75. The predicted molar refractivity (Wildman–Crippen MR) is 129 cm³/mol. The molecule has 1 fully saturated rings. The molecule has 0 saturated heterocycles. The molecule has 7 heteroatoms. The van der Waals surface area contributed by atoms with Crippen LogP contribution in [-0.4, -0.2) is 41.4 Å². The number of aromatic nitrogens is 5. The zero-order valence-electron chi connectivity index (χ0n) is 19.0. The number of hydrogen-bond donors (Lipinski definition) is 2. The van der Waals surface area contributed by atoms with E-state index in [9.17, 15) is 10.2 Å². The van der Waals surface area contributed by atoms with Gasteiger partial charge in [-0.15, -0.1) is 5.10 Å². The second-order valence-electron chi connectivity index (χ2n) is 8.74. The molecule has 0 bridgehead atoms. The molecule has 4 aromatic rings. The lowest BCUT2D eigenvalue weighted by Crippen LogP contribution is -2.25. The van der Waals surface area contributed by atoms with Crippen molar-refractivity contribution in [2.75, 3.05) is 6.61 Å². The zero-order chi connectivity index (χ0) is 23.5. The van der Waals surface area contributed by atoms with Gasteiger partial charge < -0.3 is 14.8 Å². The van der Waals surface area contributed by atoms with Crippen LogP contribution < -0.4 is 0 Å². The molecule has 1 saturated carbocycles. The van der Waals surface area contributed by atoms with Crippen molar-refractivity contribution in [3.05, 3.63) is 90.3 Å². The summed E-state index contributed by atoms with van der Waals surface area (Å²) in [5.41, 5.74) is 4.54. The Labute approximate surface area is 198 Å². The summed E-state index contributed by atoms with van der Waals surface area (Å²) in [5.74, 6) is 7.29. The number of imidazole rings is 1. The number of hydrogen-bond acceptors (Lipinski definition) is 5. The van der Waals surface area contributed by atoms with Crippen LogP contribution in [0.15, 0.2) is 73.3 Å². The molecule has 2 aromatic carbocycles. The van der Waals surface area contributed by atoms with Crippen molar-refractivity contribution in [1.82, 2.24) is 24.5 Å². The molecule has 0 unspecified atom stereocenters. The van der Waals surface area contributed by atoms with Crippen molar-refractivity contribution in [1.29, 1.82) is 0 Å².